The van der Waals surface area contributed by atoms with Crippen LogP contribution in [0, 0.1) is 0 Å². The van der Waals surface area contributed by atoms with Gasteiger partial charge in [0.05, 0.1) is 13.5 Å². The predicted molar refractivity (Wildman–Crippen MR) is 119 cm³/mol. The lowest BCUT2D eigenvalue weighted by atomic mass is 10.1. The van der Waals surface area contributed by atoms with Crippen molar-refractivity contribution in [1.29, 1.82) is 0 Å². The summed E-state index contributed by atoms with van der Waals surface area (Å²) in [4.78, 5) is 27.5. The summed E-state index contributed by atoms with van der Waals surface area (Å²) in [6.45, 7) is 6.13. The van der Waals surface area contributed by atoms with Crippen LogP contribution >= 0.6 is 15.9 Å². The van der Waals surface area contributed by atoms with Gasteiger partial charge in [-0.3, -0.25) is 9.59 Å². The van der Waals surface area contributed by atoms with Crippen molar-refractivity contribution in [2.24, 2.45) is 0 Å². The molecule has 0 aliphatic heterocycles. The lowest BCUT2D eigenvalue weighted by Crippen LogP contribution is -2.49. The summed E-state index contributed by atoms with van der Waals surface area (Å²) in [5.74, 6) is 0.513. The standard InChI is InChI=1S/C23H29BrN2O3/c1-5-16(2)25-23(28)17(3)26(15-19-6-10-20(24)11-7-19)22(27)14-18-8-12-21(29-4)13-9-18/h6-13,16-17H,5,14-15H2,1-4H3,(H,25,28)/t16-,17+/m1/s1. The molecule has 0 heterocycles. The number of amides is 2. The Morgan fingerprint density at radius 2 is 1.62 bits per heavy atom. The Balaban J connectivity index is 2.20. The van der Waals surface area contributed by atoms with E-state index in [0.717, 1.165) is 27.8 Å². The first-order chi connectivity index (χ1) is 13.8. The molecule has 0 saturated heterocycles. The van der Waals surface area contributed by atoms with Crippen molar-refractivity contribution >= 4 is 27.7 Å². The molecule has 5 nitrogen and oxygen atoms in total. The molecule has 0 bridgehead atoms. The Bertz CT molecular complexity index is 806. The van der Waals surface area contributed by atoms with E-state index >= 15 is 0 Å². The monoisotopic (exact) mass is 460 g/mol. The first kappa shape index (κ1) is 22.9. The number of halogens is 1. The topological polar surface area (TPSA) is 58.6 Å². The third-order valence-corrected chi connectivity index (χ3v) is 5.48. The molecule has 0 spiro atoms. The molecule has 0 fully saturated rings. The quantitative estimate of drug-likeness (QED) is 0.605. The first-order valence-corrected chi connectivity index (χ1v) is 10.6. The first-order valence-electron chi connectivity index (χ1n) is 9.81. The molecule has 156 valence electrons. The maximum Gasteiger partial charge on any atom is 0.242 e. The molecule has 0 unspecified atom stereocenters. The number of nitrogens with zero attached hydrogens (tertiary/aromatic N) is 1. The van der Waals surface area contributed by atoms with E-state index in [-0.39, 0.29) is 24.3 Å². The molecule has 0 saturated carbocycles. The second-order valence-corrected chi connectivity index (χ2v) is 8.08. The zero-order valence-electron chi connectivity index (χ0n) is 17.4. The van der Waals surface area contributed by atoms with Crippen molar-refractivity contribution in [3.05, 3.63) is 64.1 Å². The molecule has 0 radical (unpaired) electrons. The average molecular weight is 461 g/mol. The second-order valence-electron chi connectivity index (χ2n) is 7.17. The molecule has 2 rings (SSSR count). The van der Waals surface area contributed by atoms with Crippen LogP contribution in [0.2, 0.25) is 0 Å². The van der Waals surface area contributed by atoms with Gasteiger partial charge in [-0.1, -0.05) is 47.1 Å². The van der Waals surface area contributed by atoms with Crippen LogP contribution in [-0.2, 0) is 22.6 Å². The molecule has 0 aliphatic rings. The fraction of sp³-hybridized carbons (Fsp3) is 0.391. The largest absolute Gasteiger partial charge is 0.497 e. The van der Waals surface area contributed by atoms with E-state index < -0.39 is 6.04 Å². The highest BCUT2D eigenvalue weighted by Gasteiger charge is 2.26. The molecule has 2 amide bonds. The van der Waals surface area contributed by atoms with Crippen molar-refractivity contribution < 1.29 is 14.3 Å². The fourth-order valence-corrected chi connectivity index (χ4v) is 3.12. The summed E-state index contributed by atoms with van der Waals surface area (Å²) in [7, 11) is 1.61. The van der Waals surface area contributed by atoms with Gasteiger partial charge in [0.1, 0.15) is 11.8 Å². The van der Waals surface area contributed by atoms with Crippen molar-refractivity contribution in [1.82, 2.24) is 10.2 Å². The summed E-state index contributed by atoms with van der Waals surface area (Å²) in [6, 6.07) is 14.7. The summed E-state index contributed by atoms with van der Waals surface area (Å²) in [5.41, 5.74) is 1.85. The highest BCUT2D eigenvalue weighted by Crippen LogP contribution is 2.17. The Morgan fingerprint density at radius 1 is 1.03 bits per heavy atom. The van der Waals surface area contributed by atoms with Gasteiger partial charge in [0.2, 0.25) is 11.8 Å². The molecule has 2 atom stereocenters. The van der Waals surface area contributed by atoms with E-state index in [1.54, 1.807) is 18.9 Å². The van der Waals surface area contributed by atoms with E-state index in [2.05, 4.69) is 21.2 Å². The SMILES string of the molecule is CC[C@@H](C)NC(=O)[C@H](C)N(Cc1ccc(Br)cc1)C(=O)Cc1ccc(OC)cc1. The smallest absolute Gasteiger partial charge is 0.242 e. The normalized spacial score (nSPS) is 12.7. The lowest BCUT2D eigenvalue weighted by Gasteiger charge is -2.30. The molecular weight excluding hydrogens is 432 g/mol. The summed E-state index contributed by atoms with van der Waals surface area (Å²) in [5, 5.41) is 2.98. The van der Waals surface area contributed by atoms with Gasteiger partial charge in [-0.2, -0.15) is 0 Å². The Morgan fingerprint density at radius 3 is 2.17 bits per heavy atom. The molecule has 2 aromatic rings. The van der Waals surface area contributed by atoms with E-state index in [1.165, 1.54) is 0 Å². The average Bonchev–Trinajstić information content (AvgIpc) is 2.73. The summed E-state index contributed by atoms with van der Waals surface area (Å²) < 4.78 is 6.15. The van der Waals surface area contributed by atoms with Crippen LogP contribution in [0.1, 0.15) is 38.3 Å². The number of hydrogen-bond acceptors (Lipinski definition) is 3. The van der Waals surface area contributed by atoms with Crippen molar-refractivity contribution in [3.63, 3.8) is 0 Å². The third-order valence-electron chi connectivity index (χ3n) is 4.95. The summed E-state index contributed by atoms with van der Waals surface area (Å²) >= 11 is 3.43. The van der Waals surface area contributed by atoms with Gasteiger partial charge in [0.25, 0.3) is 0 Å². The van der Waals surface area contributed by atoms with E-state index in [1.807, 2.05) is 62.4 Å². The number of benzene rings is 2. The third kappa shape index (κ3) is 6.89. The van der Waals surface area contributed by atoms with Crippen molar-refractivity contribution in [3.8, 4) is 5.75 Å². The van der Waals surface area contributed by atoms with Gasteiger partial charge in [-0.05, 0) is 55.7 Å². The fourth-order valence-electron chi connectivity index (χ4n) is 2.85. The highest BCUT2D eigenvalue weighted by molar-refractivity contribution is 9.10. The van der Waals surface area contributed by atoms with Gasteiger partial charge in [0, 0.05) is 17.1 Å². The van der Waals surface area contributed by atoms with Gasteiger partial charge < -0.3 is 15.0 Å². The van der Waals surface area contributed by atoms with E-state index in [0.29, 0.717) is 6.54 Å². The van der Waals surface area contributed by atoms with Crippen LogP contribution in [0.4, 0.5) is 0 Å². The van der Waals surface area contributed by atoms with Crippen LogP contribution in [0.5, 0.6) is 5.75 Å². The number of hydrogen-bond donors (Lipinski definition) is 1. The molecule has 6 heteroatoms. The minimum absolute atomic E-state index is 0.0659. The molecular formula is C23H29BrN2O3. The maximum atomic E-state index is 13.1. The van der Waals surface area contributed by atoms with Crippen LogP contribution in [0.15, 0.2) is 53.0 Å². The van der Waals surface area contributed by atoms with Crippen molar-refractivity contribution in [2.45, 2.75) is 52.2 Å². The lowest BCUT2D eigenvalue weighted by molar-refractivity contribution is -0.140. The number of carbonyl (C=O) groups is 2. The van der Waals surface area contributed by atoms with Gasteiger partial charge >= 0.3 is 0 Å². The Kier molecular flexibility index (Phi) is 8.70. The Labute approximate surface area is 181 Å². The van der Waals surface area contributed by atoms with E-state index in [9.17, 15) is 9.59 Å². The second kappa shape index (κ2) is 11.0. The highest BCUT2D eigenvalue weighted by atomic mass is 79.9. The van der Waals surface area contributed by atoms with Gasteiger partial charge in [0.15, 0.2) is 0 Å². The maximum absolute atomic E-state index is 13.1. The van der Waals surface area contributed by atoms with Crippen molar-refractivity contribution in [2.75, 3.05) is 7.11 Å². The van der Waals surface area contributed by atoms with Crippen LogP contribution in [0.3, 0.4) is 0 Å². The zero-order valence-corrected chi connectivity index (χ0v) is 19.0. The summed E-state index contributed by atoms with van der Waals surface area (Å²) in [6.07, 6.45) is 1.06. The zero-order chi connectivity index (χ0) is 21.4. The number of carbonyl (C=O) groups excluding carboxylic acids is 2. The number of rotatable bonds is 9. The number of nitrogens with one attached hydrogen (secondary N) is 1. The van der Waals surface area contributed by atoms with Crippen LogP contribution in [0.25, 0.3) is 0 Å². The molecule has 0 aromatic heterocycles. The Hall–Kier alpha value is -2.34. The van der Waals surface area contributed by atoms with Crippen LogP contribution < -0.4 is 10.1 Å². The van der Waals surface area contributed by atoms with Gasteiger partial charge in [-0.15, -0.1) is 0 Å². The number of methoxy groups -OCH3 is 1. The molecule has 0 aliphatic carbocycles. The molecule has 2 aromatic carbocycles. The predicted octanol–water partition coefficient (Wildman–Crippen LogP) is 4.33. The van der Waals surface area contributed by atoms with Crippen LogP contribution in [-0.4, -0.2) is 35.9 Å². The van der Waals surface area contributed by atoms with E-state index in [4.69, 9.17) is 4.74 Å². The van der Waals surface area contributed by atoms with Gasteiger partial charge in [-0.25, -0.2) is 0 Å². The molecule has 29 heavy (non-hydrogen) atoms. The minimum atomic E-state index is -0.571. The minimum Gasteiger partial charge on any atom is -0.497 e. The number of ether oxygens (including phenoxy) is 1. The molecule has 1 N–H and O–H groups in total.